The van der Waals surface area contributed by atoms with E-state index in [1.807, 2.05) is 38.1 Å². The maximum Gasteiger partial charge on any atom is 0.325 e. The fraction of sp³-hybridized carbons (Fsp3) is 0.250. The van der Waals surface area contributed by atoms with Gasteiger partial charge in [0.1, 0.15) is 0 Å². The summed E-state index contributed by atoms with van der Waals surface area (Å²) in [6, 6.07) is 19.1. The van der Waals surface area contributed by atoms with Gasteiger partial charge in [-0.2, -0.15) is 0 Å². The molecule has 0 atom stereocenters. The van der Waals surface area contributed by atoms with Gasteiger partial charge in [0.15, 0.2) is 6.04 Å². The molecule has 3 aromatic rings. The molecule has 134 valence electrons. The minimum Gasteiger partial charge on any atom is -0.858 e. The summed E-state index contributed by atoms with van der Waals surface area (Å²) in [5, 5.41) is 19.8. The first-order valence-electron chi connectivity index (χ1n) is 8.61. The lowest BCUT2D eigenvalue weighted by Crippen LogP contribution is -2.43. The van der Waals surface area contributed by atoms with Crippen molar-refractivity contribution in [3.05, 3.63) is 77.5 Å². The van der Waals surface area contributed by atoms with Crippen LogP contribution in [0, 0.1) is 0 Å². The molecule has 6 heteroatoms. The van der Waals surface area contributed by atoms with E-state index in [1.54, 1.807) is 28.9 Å². The lowest BCUT2D eigenvalue weighted by atomic mass is 10.2. The van der Waals surface area contributed by atoms with Gasteiger partial charge in [-0.05, 0) is 21.7 Å². The predicted molar refractivity (Wildman–Crippen MR) is 96.7 cm³/mol. The Morgan fingerprint density at radius 3 is 2.38 bits per heavy atom. The number of aliphatic imine (C=N–C) groups is 1. The van der Waals surface area contributed by atoms with E-state index in [9.17, 15) is 5.11 Å². The van der Waals surface area contributed by atoms with Crippen molar-refractivity contribution < 1.29 is 14.3 Å². The molecule has 0 unspecified atom stereocenters. The first kappa shape index (κ1) is 17.8. The molecule has 6 nitrogen and oxygen atoms in total. The number of nitrogens with one attached hydrogen (secondary N) is 1. The molecule has 1 heterocycles. The van der Waals surface area contributed by atoms with E-state index in [-0.39, 0.29) is 17.8 Å². The van der Waals surface area contributed by atoms with Crippen molar-refractivity contribution in [1.82, 2.24) is 10.6 Å². The molecule has 2 aromatic carbocycles. The average molecular weight is 350 g/mol. The lowest BCUT2D eigenvalue weighted by molar-refractivity contribution is -0.785. The van der Waals surface area contributed by atoms with Crippen LogP contribution in [0.5, 0.6) is 0 Å². The van der Waals surface area contributed by atoms with Crippen LogP contribution in [0.1, 0.15) is 36.7 Å². The summed E-state index contributed by atoms with van der Waals surface area (Å²) < 4.78 is 7.08. The smallest absolute Gasteiger partial charge is 0.325 e. The van der Waals surface area contributed by atoms with Crippen molar-refractivity contribution in [2.24, 2.45) is 4.99 Å². The molecule has 3 rings (SSSR count). The minimum atomic E-state index is -0.345. The largest absolute Gasteiger partial charge is 0.858 e. The highest BCUT2D eigenvalue weighted by Gasteiger charge is 2.26. The molecule has 0 bridgehead atoms. The van der Waals surface area contributed by atoms with Gasteiger partial charge >= 0.3 is 5.88 Å². The molecule has 0 fully saturated rings. The molecule has 0 saturated heterocycles. The summed E-state index contributed by atoms with van der Waals surface area (Å²) in [6.45, 7) is 5.21. The summed E-state index contributed by atoms with van der Waals surface area (Å²) in [6.07, 6.45) is 0. The molecule has 0 amide bonds. The Kier molecular flexibility index (Phi) is 5.76. The van der Waals surface area contributed by atoms with Gasteiger partial charge < -0.3 is 10.4 Å². The zero-order chi connectivity index (χ0) is 18.4. The molecule has 26 heavy (non-hydrogen) atoms. The summed E-state index contributed by atoms with van der Waals surface area (Å²) >= 11 is 0. The van der Waals surface area contributed by atoms with Crippen molar-refractivity contribution in [2.75, 3.05) is 0 Å². The van der Waals surface area contributed by atoms with E-state index in [0.717, 1.165) is 5.69 Å². The maximum absolute atomic E-state index is 12.4. The van der Waals surface area contributed by atoms with Crippen LogP contribution in [0.4, 0.5) is 5.88 Å². The lowest BCUT2D eigenvalue weighted by Gasteiger charge is -2.08. The van der Waals surface area contributed by atoms with Crippen LogP contribution in [-0.4, -0.2) is 11.2 Å². The zero-order valence-electron chi connectivity index (χ0n) is 14.9. The number of hydrogen-bond donors (Lipinski definition) is 1. The fourth-order valence-corrected chi connectivity index (χ4v) is 2.59. The molecule has 0 radical (unpaired) electrons. The summed E-state index contributed by atoms with van der Waals surface area (Å²) in [4.78, 5) is 4.13. The molecule has 0 aliphatic carbocycles. The van der Waals surface area contributed by atoms with Gasteiger partial charge in [-0.3, -0.25) is 4.52 Å². The number of aromatic nitrogens is 2. The number of nitrogens with zero attached hydrogens (tertiary/aromatic N) is 3. The monoisotopic (exact) mass is 350 g/mol. The van der Waals surface area contributed by atoms with E-state index in [4.69, 9.17) is 4.52 Å². The molecule has 0 aliphatic heterocycles. The fourth-order valence-electron chi connectivity index (χ4n) is 2.59. The van der Waals surface area contributed by atoms with Gasteiger partial charge in [0.05, 0.1) is 6.54 Å². The van der Waals surface area contributed by atoms with Crippen LogP contribution in [0.2, 0.25) is 0 Å². The van der Waals surface area contributed by atoms with Gasteiger partial charge in [0.2, 0.25) is 5.27 Å². The second kappa shape index (κ2) is 8.40. The van der Waals surface area contributed by atoms with Crippen molar-refractivity contribution in [3.8, 4) is 0 Å². The molecule has 1 N–H and O–H groups in total. The normalized spacial score (nSPS) is 11.9. The van der Waals surface area contributed by atoms with Crippen molar-refractivity contribution in [1.29, 1.82) is 0 Å². The maximum atomic E-state index is 12.4. The number of rotatable bonds is 7. The van der Waals surface area contributed by atoms with Crippen molar-refractivity contribution in [3.63, 3.8) is 0 Å². The van der Waals surface area contributed by atoms with Gasteiger partial charge in [0, 0.05) is 20.4 Å². The highest BCUT2D eigenvalue weighted by atomic mass is 16.5. The van der Waals surface area contributed by atoms with Gasteiger partial charge in [-0.1, -0.05) is 60.7 Å². The van der Waals surface area contributed by atoms with E-state index >= 15 is 0 Å². The second-order valence-corrected chi connectivity index (χ2v) is 6.24. The molecule has 1 aromatic heterocycles. The van der Waals surface area contributed by atoms with Crippen molar-refractivity contribution >= 4 is 11.8 Å². The highest BCUT2D eigenvalue weighted by Crippen LogP contribution is 2.17. The Morgan fingerprint density at radius 2 is 1.73 bits per heavy atom. The molecule has 0 saturated carbocycles. The molecule has 0 aliphatic rings. The van der Waals surface area contributed by atoms with Gasteiger partial charge in [0.25, 0.3) is 5.69 Å². The Labute approximate surface area is 152 Å². The average Bonchev–Trinajstić information content (AvgIpc) is 3.06. The first-order valence-corrected chi connectivity index (χ1v) is 8.61. The van der Waals surface area contributed by atoms with Gasteiger partial charge in [-0.15, -0.1) is 0 Å². The third-order valence-electron chi connectivity index (χ3n) is 3.92. The first-order chi connectivity index (χ1) is 12.6. The summed E-state index contributed by atoms with van der Waals surface area (Å²) in [5.41, 5.74) is 2.45. The van der Waals surface area contributed by atoms with Crippen LogP contribution in [0.3, 0.4) is 0 Å². The molecule has 0 spiro atoms. The summed E-state index contributed by atoms with van der Waals surface area (Å²) in [7, 11) is 0. The Bertz CT molecular complexity index is 858. The molecular formula is C20H22N4O2. The topological polar surface area (TPSA) is 77.4 Å². The Hall–Kier alpha value is -2.99. The van der Waals surface area contributed by atoms with E-state index in [1.165, 1.54) is 5.56 Å². The molecular weight excluding hydrogens is 328 g/mol. The number of hydrogen-bond acceptors (Lipinski definition) is 5. The summed E-state index contributed by atoms with van der Waals surface area (Å²) in [5.74, 6) is -0.102. The van der Waals surface area contributed by atoms with E-state index < -0.39 is 0 Å². The predicted octanol–water partition coefficient (Wildman–Crippen LogP) is 2.27. The minimum absolute atomic E-state index is 0.100. The Balaban J connectivity index is 1.80. The van der Waals surface area contributed by atoms with Crippen molar-refractivity contribution in [2.45, 2.75) is 33.0 Å². The quantitative estimate of drug-likeness (QED) is 0.403. The third-order valence-corrected chi connectivity index (χ3v) is 3.92. The van der Waals surface area contributed by atoms with Crippen LogP contribution in [0.15, 0.2) is 70.2 Å². The standard InChI is InChI=1S/C20H22N4O2/c1-15(2)24-18(14-21-13-16-9-5-3-6-10-16)20(26-23-24)22-19(25)17-11-7-4-8-12-17/h3-12,15,21H,13-14H2,1-2H3. The van der Waals surface area contributed by atoms with Gasteiger partial charge in [-0.25, -0.2) is 4.99 Å². The second-order valence-electron chi connectivity index (χ2n) is 6.24. The van der Waals surface area contributed by atoms with Crippen LogP contribution in [-0.2, 0) is 13.1 Å². The third kappa shape index (κ3) is 4.34. The van der Waals surface area contributed by atoms with E-state index in [0.29, 0.717) is 18.7 Å². The van der Waals surface area contributed by atoms with Crippen LogP contribution in [0.25, 0.3) is 0 Å². The zero-order valence-corrected chi connectivity index (χ0v) is 14.9. The SMILES string of the molecule is CC(C)[n+]1noc(/N=C(\[O-])c2ccccc2)c1CNCc1ccccc1. The highest BCUT2D eigenvalue weighted by molar-refractivity contribution is 5.91. The van der Waals surface area contributed by atoms with E-state index in [2.05, 4.69) is 27.7 Å². The number of benzene rings is 2. The van der Waals surface area contributed by atoms with Crippen LogP contribution < -0.4 is 15.1 Å². The Morgan fingerprint density at radius 1 is 1.08 bits per heavy atom. The van der Waals surface area contributed by atoms with Crippen LogP contribution >= 0.6 is 0 Å².